The maximum Gasteiger partial charge on any atom is 0.0701 e. The molecule has 1 aromatic rings. The predicted octanol–water partition coefficient (Wildman–Crippen LogP) is 3.10. The summed E-state index contributed by atoms with van der Waals surface area (Å²) in [6.45, 7) is 5.23. The SMILES string of the molecule is CN(CCCOC1CCNCC1)Cc1csc(Br)c1. The zero-order chi connectivity index (χ0) is 13.5. The molecule has 0 bridgehead atoms. The molecule has 0 aliphatic carbocycles. The molecule has 108 valence electrons. The van der Waals surface area contributed by atoms with Gasteiger partial charge in [-0.1, -0.05) is 0 Å². The summed E-state index contributed by atoms with van der Waals surface area (Å²) in [5.74, 6) is 0. The van der Waals surface area contributed by atoms with Gasteiger partial charge in [-0.25, -0.2) is 0 Å². The molecule has 5 heteroatoms. The van der Waals surface area contributed by atoms with Crippen molar-refractivity contribution in [2.75, 3.05) is 33.3 Å². The van der Waals surface area contributed by atoms with Crippen LogP contribution in [-0.4, -0.2) is 44.3 Å². The number of hydrogen-bond acceptors (Lipinski definition) is 4. The lowest BCUT2D eigenvalue weighted by atomic mass is 10.1. The Labute approximate surface area is 128 Å². The minimum absolute atomic E-state index is 0.486. The van der Waals surface area contributed by atoms with Gasteiger partial charge >= 0.3 is 0 Å². The Kier molecular flexibility index (Phi) is 6.81. The molecule has 1 aromatic heterocycles. The smallest absolute Gasteiger partial charge is 0.0701 e. The van der Waals surface area contributed by atoms with Crippen molar-refractivity contribution >= 4 is 27.3 Å². The van der Waals surface area contributed by atoms with Gasteiger partial charge in [0, 0.05) is 19.7 Å². The van der Waals surface area contributed by atoms with E-state index in [9.17, 15) is 0 Å². The third kappa shape index (κ3) is 5.92. The summed E-state index contributed by atoms with van der Waals surface area (Å²) in [6.07, 6.45) is 3.93. The van der Waals surface area contributed by atoms with Gasteiger partial charge in [-0.15, -0.1) is 11.3 Å². The molecule has 19 heavy (non-hydrogen) atoms. The molecule has 3 nitrogen and oxygen atoms in total. The zero-order valence-electron chi connectivity index (χ0n) is 11.5. The first-order valence-electron chi connectivity index (χ1n) is 6.98. The van der Waals surface area contributed by atoms with Crippen molar-refractivity contribution in [1.82, 2.24) is 10.2 Å². The van der Waals surface area contributed by atoms with E-state index < -0.39 is 0 Å². The van der Waals surface area contributed by atoms with E-state index in [1.165, 1.54) is 22.2 Å². The quantitative estimate of drug-likeness (QED) is 0.767. The van der Waals surface area contributed by atoms with Gasteiger partial charge < -0.3 is 15.0 Å². The second-order valence-electron chi connectivity index (χ2n) is 5.17. The van der Waals surface area contributed by atoms with Crippen molar-refractivity contribution in [2.45, 2.75) is 31.9 Å². The van der Waals surface area contributed by atoms with Gasteiger partial charge in [0.25, 0.3) is 0 Å². The van der Waals surface area contributed by atoms with Crippen LogP contribution in [0, 0.1) is 0 Å². The second kappa shape index (κ2) is 8.37. The number of rotatable bonds is 7. The van der Waals surface area contributed by atoms with E-state index in [1.807, 2.05) is 0 Å². The lowest BCUT2D eigenvalue weighted by Gasteiger charge is -2.23. The Morgan fingerprint density at radius 2 is 2.26 bits per heavy atom. The molecular weight excluding hydrogens is 324 g/mol. The molecule has 1 aliphatic heterocycles. The Bertz CT molecular complexity index is 366. The van der Waals surface area contributed by atoms with Crippen molar-refractivity contribution in [3.63, 3.8) is 0 Å². The Morgan fingerprint density at radius 3 is 2.95 bits per heavy atom. The average Bonchev–Trinajstić information content (AvgIpc) is 2.81. The van der Waals surface area contributed by atoms with Gasteiger partial charge in [0.1, 0.15) is 0 Å². The molecule has 2 rings (SSSR count). The van der Waals surface area contributed by atoms with Crippen LogP contribution in [0.3, 0.4) is 0 Å². The van der Waals surface area contributed by atoms with Gasteiger partial charge in [-0.2, -0.15) is 0 Å². The maximum absolute atomic E-state index is 5.92. The van der Waals surface area contributed by atoms with Crippen LogP contribution in [-0.2, 0) is 11.3 Å². The number of piperidine rings is 1. The van der Waals surface area contributed by atoms with E-state index in [-0.39, 0.29) is 0 Å². The van der Waals surface area contributed by atoms with Crippen molar-refractivity contribution < 1.29 is 4.74 Å². The largest absolute Gasteiger partial charge is 0.378 e. The minimum atomic E-state index is 0.486. The van der Waals surface area contributed by atoms with Crippen molar-refractivity contribution in [1.29, 1.82) is 0 Å². The number of thiophene rings is 1. The monoisotopic (exact) mass is 346 g/mol. The molecule has 1 fully saturated rings. The zero-order valence-corrected chi connectivity index (χ0v) is 13.9. The van der Waals surface area contributed by atoms with Crippen LogP contribution in [0.1, 0.15) is 24.8 Å². The standard InChI is InChI=1S/C14H23BrN2OS/c1-17(10-12-9-14(15)19-11-12)7-2-8-18-13-3-5-16-6-4-13/h9,11,13,16H,2-8,10H2,1H3. The van der Waals surface area contributed by atoms with Crippen LogP contribution in [0.15, 0.2) is 15.2 Å². The number of nitrogens with zero attached hydrogens (tertiary/aromatic N) is 1. The average molecular weight is 347 g/mol. The van der Waals surface area contributed by atoms with Crippen molar-refractivity contribution in [3.8, 4) is 0 Å². The molecule has 0 radical (unpaired) electrons. The molecular formula is C14H23BrN2OS. The molecule has 0 atom stereocenters. The Hall–Kier alpha value is 0.0600. The molecule has 0 saturated carbocycles. The molecule has 0 aromatic carbocycles. The van der Waals surface area contributed by atoms with Crippen molar-refractivity contribution in [3.05, 3.63) is 20.8 Å². The second-order valence-corrected chi connectivity index (χ2v) is 7.46. The third-order valence-corrected chi connectivity index (χ3v) is 4.95. The summed E-state index contributed by atoms with van der Waals surface area (Å²) in [5, 5.41) is 5.58. The van der Waals surface area contributed by atoms with Crippen LogP contribution in [0.5, 0.6) is 0 Å². The van der Waals surface area contributed by atoms with Crippen LogP contribution in [0.25, 0.3) is 0 Å². The van der Waals surface area contributed by atoms with Crippen LogP contribution < -0.4 is 5.32 Å². The summed E-state index contributed by atoms with van der Waals surface area (Å²) < 4.78 is 7.13. The third-order valence-electron chi connectivity index (χ3n) is 3.40. The maximum atomic E-state index is 5.92. The van der Waals surface area contributed by atoms with E-state index in [0.29, 0.717) is 6.10 Å². The minimum Gasteiger partial charge on any atom is -0.378 e. The molecule has 0 spiro atoms. The summed E-state index contributed by atoms with van der Waals surface area (Å²) in [5.41, 5.74) is 1.39. The fourth-order valence-corrected chi connectivity index (χ4v) is 3.57. The highest BCUT2D eigenvalue weighted by Gasteiger charge is 2.12. The molecule has 0 amide bonds. The topological polar surface area (TPSA) is 24.5 Å². The number of hydrogen-bond donors (Lipinski definition) is 1. The van der Waals surface area contributed by atoms with Crippen LogP contribution >= 0.6 is 27.3 Å². The van der Waals surface area contributed by atoms with Gasteiger partial charge in [-0.05, 0) is 72.3 Å². The van der Waals surface area contributed by atoms with Gasteiger partial charge in [-0.3, -0.25) is 0 Å². The number of ether oxygens (including phenoxy) is 1. The summed E-state index contributed by atoms with van der Waals surface area (Å²) >= 11 is 5.26. The highest BCUT2D eigenvalue weighted by atomic mass is 79.9. The highest BCUT2D eigenvalue weighted by Crippen LogP contribution is 2.21. The van der Waals surface area contributed by atoms with Crippen molar-refractivity contribution in [2.24, 2.45) is 0 Å². The number of nitrogens with one attached hydrogen (secondary N) is 1. The first-order chi connectivity index (χ1) is 9.24. The molecule has 1 aliphatic rings. The first kappa shape index (κ1) is 15.4. The first-order valence-corrected chi connectivity index (χ1v) is 8.65. The van der Waals surface area contributed by atoms with E-state index in [1.54, 1.807) is 11.3 Å². The highest BCUT2D eigenvalue weighted by molar-refractivity contribution is 9.11. The lowest BCUT2D eigenvalue weighted by Crippen LogP contribution is -2.33. The Morgan fingerprint density at radius 1 is 1.47 bits per heavy atom. The molecule has 0 unspecified atom stereocenters. The fraction of sp³-hybridized carbons (Fsp3) is 0.714. The van der Waals surface area contributed by atoms with E-state index in [4.69, 9.17) is 4.74 Å². The normalized spacial score (nSPS) is 17.2. The fourth-order valence-electron chi connectivity index (χ4n) is 2.37. The lowest BCUT2D eigenvalue weighted by molar-refractivity contribution is 0.0284. The van der Waals surface area contributed by atoms with Gasteiger partial charge in [0.15, 0.2) is 0 Å². The summed E-state index contributed by atoms with van der Waals surface area (Å²) in [4.78, 5) is 2.36. The molecule has 1 saturated heterocycles. The molecule has 2 heterocycles. The van der Waals surface area contributed by atoms with E-state index in [2.05, 4.69) is 44.6 Å². The van der Waals surface area contributed by atoms with E-state index >= 15 is 0 Å². The van der Waals surface area contributed by atoms with Crippen LogP contribution in [0.2, 0.25) is 0 Å². The summed E-state index contributed by atoms with van der Waals surface area (Å²) in [7, 11) is 2.18. The van der Waals surface area contributed by atoms with Gasteiger partial charge in [0.2, 0.25) is 0 Å². The van der Waals surface area contributed by atoms with Crippen LogP contribution in [0.4, 0.5) is 0 Å². The van der Waals surface area contributed by atoms with E-state index in [0.717, 1.165) is 39.2 Å². The predicted molar refractivity (Wildman–Crippen MR) is 84.8 cm³/mol. The Balaban J connectivity index is 1.54. The molecule has 1 N–H and O–H groups in total. The number of halogens is 1. The van der Waals surface area contributed by atoms with Gasteiger partial charge in [0.05, 0.1) is 9.89 Å². The summed E-state index contributed by atoms with van der Waals surface area (Å²) in [6, 6.07) is 2.20.